The average molecular weight is 404 g/mol. The van der Waals surface area contributed by atoms with Crippen LogP contribution in [-0.2, 0) is 0 Å². The molecule has 0 saturated carbocycles. The minimum Gasteiger partial charge on any atom is -0.378 e. The van der Waals surface area contributed by atoms with Crippen molar-refractivity contribution in [3.05, 3.63) is 71.1 Å². The topological polar surface area (TPSA) is 71.3 Å². The maximum absolute atomic E-state index is 12.7. The largest absolute Gasteiger partial charge is 0.378 e. The third-order valence-corrected chi connectivity index (χ3v) is 5.34. The molecule has 6 nitrogen and oxygen atoms in total. The van der Waals surface area contributed by atoms with Crippen molar-refractivity contribution in [2.24, 2.45) is 0 Å². The Morgan fingerprint density at radius 3 is 2.72 bits per heavy atom. The van der Waals surface area contributed by atoms with Gasteiger partial charge in [-0.15, -0.1) is 11.3 Å². The van der Waals surface area contributed by atoms with Gasteiger partial charge in [0.1, 0.15) is 4.88 Å². The predicted octanol–water partition coefficient (Wildman–Crippen LogP) is 5.09. The molecule has 2 aromatic heterocycles. The van der Waals surface area contributed by atoms with E-state index in [1.54, 1.807) is 6.07 Å². The molecule has 0 atom stereocenters. The van der Waals surface area contributed by atoms with Crippen LogP contribution in [-0.4, -0.2) is 30.1 Å². The molecule has 0 aliphatic carbocycles. The molecule has 0 radical (unpaired) electrons. The summed E-state index contributed by atoms with van der Waals surface area (Å²) in [6.07, 6.45) is 0. The van der Waals surface area contributed by atoms with Crippen molar-refractivity contribution >= 4 is 28.6 Å². The Labute approximate surface area is 172 Å². The van der Waals surface area contributed by atoms with Gasteiger partial charge in [-0.3, -0.25) is 4.79 Å². The first-order valence-corrected chi connectivity index (χ1v) is 9.96. The minimum atomic E-state index is -0.188. The lowest BCUT2D eigenvalue weighted by Gasteiger charge is -2.13. The number of carbonyl (C=O) groups excluding carboxylic acids is 1. The van der Waals surface area contributed by atoms with E-state index in [0.717, 1.165) is 21.7 Å². The van der Waals surface area contributed by atoms with Gasteiger partial charge in [-0.2, -0.15) is 4.98 Å². The molecular formula is C22H20N4O2S. The second-order valence-electron chi connectivity index (χ2n) is 6.85. The van der Waals surface area contributed by atoms with Crippen LogP contribution in [0.5, 0.6) is 0 Å². The van der Waals surface area contributed by atoms with Gasteiger partial charge >= 0.3 is 0 Å². The molecule has 0 unspecified atom stereocenters. The van der Waals surface area contributed by atoms with Crippen LogP contribution in [0.4, 0.5) is 11.4 Å². The fraction of sp³-hybridized carbons (Fsp3) is 0.136. The van der Waals surface area contributed by atoms with Crippen LogP contribution in [0.2, 0.25) is 0 Å². The summed E-state index contributed by atoms with van der Waals surface area (Å²) >= 11 is 1.44. The van der Waals surface area contributed by atoms with Gasteiger partial charge in [0.25, 0.3) is 11.8 Å². The lowest BCUT2D eigenvalue weighted by Crippen LogP contribution is -2.14. The van der Waals surface area contributed by atoms with Gasteiger partial charge < -0.3 is 14.7 Å². The highest BCUT2D eigenvalue weighted by Gasteiger charge is 2.18. The maximum atomic E-state index is 12.7. The number of nitrogens with zero attached hydrogens (tertiary/aromatic N) is 3. The molecule has 4 aromatic rings. The fourth-order valence-corrected chi connectivity index (χ4v) is 3.68. The van der Waals surface area contributed by atoms with E-state index in [9.17, 15) is 4.79 Å². The number of nitrogens with one attached hydrogen (secondary N) is 1. The van der Waals surface area contributed by atoms with E-state index in [4.69, 9.17) is 4.52 Å². The summed E-state index contributed by atoms with van der Waals surface area (Å²) in [7, 11) is 3.88. The van der Waals surface area contributed by atoms with Gasteiger partial charge in [0, 0.05) is 30.9 Å². The molecule has 0 aliphatic heterocycles. The van der Waals surface area contributed by atoms with Crippen molar-refractivity contribution in [2.75, 3.05) is 24.3 Å². The second kappa shape index (κ2) is 7.89. The van der Waals surface area contributed by atoms with Gasteiger partial charge in [-0.25, -0.2) is 0 Å². The number of carbonyl (C=O) groups is 1. The van der Waals surface area contributed by atoms with Crippen molar-refractivity contribution in [3.63, 3.8) is 0 Å². The summed E-state index contributed by atoms with van der Waals surface area (Å²) in [4.78, 5) is 19.9. The number of aryl methyl sites for hydroxylation is 1. The van der Waals surface area contributed by atoms with E-state index in [-0.39, 0.29) is 5.91 Å². The van der Waals surface area contributed by atoms with Gasteiger partial charge in [0.05, 0.1) is 5.69 Å². The van der Waals surface area contributed by atoms with Crippen LogP contribution in [0.3, 0.4) is 0 Å². The molecule has 0 spiro atoms. The zero-order valence-electron chi connectivity index (χ0n) is 16.3. The molecule has 2 aromatic carbocycles. The van der Waals surface area contributed by atoms with E-state index >= 15 is 0 Å². The number of thiophene rings is 1. The molecule has 1 N–H and O–H groups in total. The average Bonchev–Trinajstić information content (AvgIpc) is 3.37. The Bertz CT molecular complexity index is 1160. The molecule has 0 bridgehead atoms. The van der Waals surface area contributed by atoms with Gasteiger partial charge in [0.15, 0.2) is 0 Å². The Morgan fingerprint density at radius 1 is 1.10 bits per heavy atom. The zero-order chi connectivity index (χ0) is 20.4. The predicted molar refractivity (Wildman–Crippen MR) is 117 cm³/mol. The summed E-state index contributed by atoms with van der Waals surface area (Å²) in [5.74, 6) is 0.716. The first-order valence-electron chi connectivity index (χ1n) is 9.08. The van der Waals surface area contributed by atoms with Crippen molar-refractivity contribution < 1.29 is 9.32 Å². The molecule has 4 rings (SSSR count). The number of rotatable bonds is 5. The monoisotopic (exact) mass is 404 g/mol. The highest BCUT2D eigenvalue weighted by atomic mass is 32.1. The Kier molecular flexibility index (Phi) is 5.14. The van der Waals surface area contributed by atoms with Crippen LogP contribution in [0.25, 0.3) is 22.2 Å². The lowest BCUT2D eigenvalue weighted by atomic mass is 10.1. The van der Waals surface area contributed by atoms with E-state index in [2.05, 4.69) is 15.5 Å². The first-order chi connectivity index (χ1) is 14.0. The van der Waals surface area contributed by atoms with Crippen molar-refractivity contribution in [2.45, 2.75) is 6.92 Å². The molecule has 7 heteroatoms. The number of anilines is 2. The SMILES string of the molecule is Cc1cccc(-c2noc(-c3sccc3NC(=O)c3cccc(N(C)C)c3)n2)c1. The summed E-state index contributed by atoms with van der Waals surface area (Å²) in [5, 5.41) is 8.94. The normalized spacial score (nSPS) is 10.7. The first kappa shape index (κ1) is 18.9. The summed E-state index contributed by atoms with van der Waals surface area (Å²) < 4.78 is 5.47. The van der Waals surface area contributed by atoms with Crippen molar-refractivity contribution in [3.8, 4) is 22.2 Å². The van der Waals surface area contributed by atoms with Gasteiger partial charge in [-0.05, 0) is 42.6 Å². The van der Waals surface area contributed by atoms with E-state index in [1.807, 2.05) is 79.8 Å². The molecule has 0 fully saturated rings. The van der Waals surface area contributed by atoms with Gasteiger partial charge in [-0.1, -0.05) is 35.0 Å². The molecule has 146 valence electrons. The number of hydrogen-bond acceptors (Lipinski definition) is 6. The summed E-state index contributed by atoms with van der Waals surface area (Å²) in [5.41, 5.74) is 4.21. The van der Waals surface area contributed by atoms with Crippen LogP contribution in [0.1, 0.15) is 15.9 Å². The van der Waals surface area contributed by atoms with E-state index < -0.39 is 0 Å². The molecule has 0 saturated heterocycles. The zero-order valence-corrected chi connectivity index (χ0v) is 17.2. The summed E-state index contributed by atoms with van der Waals surface area (Å²) in [6, 6.07) is 17.2. The maximum Gasteiger partial charge on any atom is 0.270 e. The van der Waals surface area contributed by atoms with Crippen LogP contribution in [0, 0.1) is 6.92 Å². The third-order valence-electron chi connectivity index (χ3n) is 4.43. The highest BCUT2D eigenvalue weighted by molar-refractivity contribution is 7.14. The second-order valence-corrected chi connectivity index (χ2v) is 7.77. The van der Waals surface area contributed by atoms with Crippen LogP contribution in [0.15, 0.2) is 64.5 Å². The van der Waals surface area contributed by atoms with Crippen molar-refractivity contribution in [1.29, 1.82) is 0 Å². The van der Waals surface area contributed by atoms with Crippen molar-refractivity contribution in [1.82, 2.24) is 10.1 Å². The quantitative estimate of drug-likeness (QED) is 0.501. The standard InChI is InChI=1S/C22H20N4O2S/c1-14-6-4-7-15(12-14)20-24-22(28-25-20)19-18(10-11-29-19)23-21(27)16-8-5-9-17(13-16)26(2)3/h4-13H,1-3H3,(H,23,27). The molecule has 0 aliphatic rings. The highest BCUT2D eigenvalue weighted by Crippen LogP contribution is 2.34. The smallest absolute Gasteiger partial charge is 0.270 e. The molecule has 2 heterocycles. The van der Waals surface area contributed by atoms with E-state index in [0.29, 0.717) is 23.0 Å². The number of hydrogen-bond donors (Lipinski definition) is 1. The Morgan fingerprint density at radius 2 is 1.93 bits per heavy atom. The molecule has 29 heavy (non-hydrogen) atoms. The fourth-order valence-electron chi connectivity index (χ4n) is 2.91. The summed E-state index contributed by atoms with van der Waals surface area (Å²) in [6.45, 7) is 2.02. The van der Waals surface area contributed by atoms with E-state index in [1.165, 1.54) is 11.3 Å². The number of aromatic nitrogens is 2. The Hall–Kier alpha value is -3.45. The number of benzene rings is 2. The van der Waals surface area contributed by atoms with Crippen LogP contribution >= 0.6 is 11.3 Å². The molecular weight excluding hydrogens is 384 g/mol. The number of amides is 1. The lowest BCUT2D eigenvalue weighted by molar-refractivity contribution is 0.102. The Balaban J connectivity index is 1.58. The minimum absolute atomic E-state index is 0.188. The molecule has 1 amide bonds. The third kappa shape index (κ3) is 4.05. The van der Waals surface area contributed by atoms with Gasteiger partial charge in [0.2, 0.25) is 5.82 Å². The van der Waals surface area contributed by atoms with Crippen LogP contribution < -0.4 is 10.2 Å².